The van der Waals surface area contributed by atoms with Crippen molar-refractivity contribution in [3.8, 4) is 5.75 Å². The minimum Gasteiger partial charge on any atom is -0.486 e. The second-order valence-corrected chi connectivity index (χ2v) is 5.42. The molecule has 0 radical (unpaired) electrons. The molecule has 0 fully saturated rings. The van der Waals surface area contributed by atoms with Crippen LogP contribution in [0.4, 0.5) is 10.8 Å². The summed E-state index contributed by atoms with van der Waals surface area (Å²) >= 11 is 4.57. The summed E-state index contributed by atoms with van der Waals surface area (Å²) in [6, 6.07) is 4.44. The molecule has 0 aliphatic heterocycles. The number of non-ortho nitro benzene ring substituents is 1. The molecule has 0 aliphatic rings. The van der Waals surface area contributed by atoms with Gasteiger partial charge in [-0.15, -0.1) is 10.2 Å². The highest BCUT2D eigenvalue weighted by Gasteiger charge is 2.10. The Kier molecular flexibility index (Phi) is 4.27. The van der Waals surface area contributed by atoms with E-state index in [4.69, 9.17) is 4.74 Å². The standard InChI is InChI=1S/C10H9BrN4O3S/c1-12-10-14-13-9(19-10)5-18-8-3-6(11)2-7(4-8)15(16)17/h2-4H,5H2,1H3,(H,12,14). The molecule has 0 amide bonds. The Morgan fingerprint density at radius 1 is 1.47 bits per heavy atom. The lowest BCUT2D eigenvalue weighted by Crippen LogP contribution is -1.96. The number of nitrogens with zero attached hydrogens (tertiary/aromatic N) is 3. The first-order valence-corrected chi connectivity index (χ1v) is 6.77. The number of nitro benzene ring substituents is 1. The Morgan fingerprint density at radius 3 is 2.89 bits per heavy atom. The molecule has 0 spiro atoms. The molecule has 1 aromatic heterocycles. The fourth-order valence-electron chi connectivity index (χ4n) is 1.29. The molecule has 19 heavy (non-hydrogen) atoms. The van der Waals surface area contributed by atoms with Gasteiger partial charge in [-0.2, -0.15) is 0 Å². The zero-order valence-corrected chi connectivity index (χ0v) is 12.2. The Labute approximate surface area is 120 Å². The van der Waals surface area contributed by atoms with Crippen LogP contribution in [0.2, 0.25) is 0 Å². The van der Waals surface area contributed by atoms with Crippen LogP contribution in [0.25, 0.3) is 0 Å². The SMILES string of the molecule is CNc1nnc(COc2cc(Br)cc([N+](=O)[O-])c2)s1. The molecule has 0 aliphatic carbocycles. The zero-order chi connectivity index (χ0) is 13.8. The predicted molar refractivity (Wildman–Crippen MR) is 74.6 cm³/mol. The van der Waals surface area contributed by atoms with Gasteiger partial charge in [-0.05, 0) is 6.07 Å². The van der Waals surface area contributed by atoms with E-state index in [0.717, 1.165) is 0 Å². The number of rotatable bonds is 5. The number of anilines is 1. The van der Waals surface area contributed by atoms with E-state index >= 15 is 0 Å². The van der Waals surface area contributed by atoms with Crippen LogP contribution >= 0.6 is 27.3 Å². The molecule has 2 aromatic rings. The summed E-state index contributed by atoms with van der Waals surface area (Å²) in [6.07, 6.45) is 0. The molecular formula is C10H9BrN4O3S. The van der Waals surface area contributed by atoms with Crippen LogP contribution in [0, 0.1) is 10.1 Å². The molecule has 0 saturated heterocycles. The van der Waals surface area contributed by atoms with Crippen LogP contribution in [-0.2, 0) is 6.61 Å². The summed E-state index contributed by atoms with van der Waals surface area (Å²) < 4.78 is 6.06. The van der Waals surface area contributed by atoms with Gasteiger partial charge < -0.3 is 10.1 Å². The number of nitrogens with one attached hydrogen (secondary N) is 1. The third-order valence-electron chi connectivity index (χ3n) is 2.11. The fourth-order valence-corrected chi connectivity index (χ4v) is 2.36. The lowest BCUT2D eigenvalue weighted by molar-refractivity contribution is -0.385. The minimum atomic E-state index is -0.471. The van der Waals surface area contributed by atoms with Crippen molar-refractivity contribution in [2.75, 3.05) is 12.4 Å². The van der Waals surface area contributed by atoms with Crippen LogP contribution in [0.1, 0.15) is 5.01 Å². The molecule has 0 saturated carbocycles. The van der Waals surface area contributed by atoms with Crippen molar-refractivity contribution in [1.82, 2.24) is 10.2 Å². The molecule has 2 rings (SSSR count). The first-order valence-electron chi connectivity index (χ1n) is 5.16. The van der Waals surface area contributed by atoms with E-state index in [9.17, 15) is 10.1 Å². The van der Waals surface area contributed by atoms with Crippen LogP contribution in [0.5, 0.6) is 5.75 Å². The topological polar surface area (TPSA) is 90.2 Å². The largest absolute Gasteiger partial charge is 0.486 e. The molecule has 9 heteroatoms. The normalized spacial score (nSPS) is 10.2. The molecule has 1 heterocycles. The summed E-state index contributed by atoms with van der Waals surface area (Å²) in [4.78, 5) is 10.3. The molecule has 1 N–H and O–H groups in total. The van der Waals surface area contributed by atoms with Gasteiger partial charge in [-0.1, -0.05) is 27.3 Å². The van der Waals surface area contributed by atoms with Gasteiger partial charge in [0.15, 0.2) is 5.01 Å². The Bertz CT molecular complexity index is 604. The van der Waals surface area contributed by atoms with E-state index in [1.165, 1.54) is 23.5 Å². The van der Waals surface area contributed by atoms with E-state index in [0.29, 0.717) is 20.4 Å². The van der Waals surface area contributed by atoms with E-state index in [2.05, 4.69) is 31.4 Å². The number of ether oxygens (including phenoxy) is 1. The highest BCUT2D eigenvalue weighted by Crippen LogP contribution is 2.27. The molecule has 1 aromatic carbocycles. The van der Waals surface area contributed by atoms with Gasteiger partial charge in [0, 0.05) is 17.6 Å². The average molecular weight is 345 g/mol. The number of hydrogen-bond acceptors (Lipinski definition) is 7. The average Bonchev–Trinajstić information content (AvgIpc) is 2.83. The third kappa shape index (κ3) is 3.61. The number of halogens is 1. The zero-order valence-electron chi connectivity index (χ0n) is 9.79. The second-order valence-electron chi connectivity index (χ2n) is 3.44. The first kappa shape index (κ1) is 13.7. The highest BCUT2D eigenvalue weighted by atomic mass is 79.9. The predicted octanol–water partition coefficient (Wildman–Crippen LogP) is 2.83. The summed E-state index contributed by atoms with van der Waals surface area (Å²) in [5.74, 6) is 0.405. The summed E-state index contributed by atoms with van der Waals surface area (Å²) in [7, 11) is 1.75. The van der Waals surface area contributed by atoms with Crippen LogP contribution in [0.15, 0.2) is 22.7 Å². The van der Waals surface area contributed by atoms with E-state index in [1.54, 1.807) is 13.1 Å². The maximum atomic E-state index is 10.7. The van der Waals surface area contributed by atoms with Crippen molar-refractivity contribution in [3.05, 3.63) is 37.8 Å². The van der Waals surface area contributed by atoms with Crippen molar-refractivity contribution in [2.45, 2.75) is 6.61 Å². The van der Waals surface area contributed by atoms with Gasteiger partial charge in [0.2, 0.25) is 5.13 Å². The van der Waals surface area contributed by atoms with Gasteiger partial charge in [0.1, 0.15) is 12.4 Å². The van der Waals surface area contributed by atoms with Crippen LogP contribution in [-0.4, -0.2) is 22.2 Å². The first-order chi connectivity index (χ1) is 9.08. The van der Waals surface area contributed by atoms with Crippen molar-refractivity contribution in [1.29, 1.82) is 0 Å². The lowest BCUT2D eigenvalue weighted by atomic mass is 10.3. The van der Waals surface area contributed by atoms with Crippen LogP contribution < -0.4 is 10.1 Å². The maximum absolute atomic E-state index is 10.7. The minimum absolute atomic E-state index is 0.0300. The van der Waals surface area contributed by atoms with E-state index < -0.39 is 4.92 Å². The summed E-state index contributed by atoms with van der Waals surface area (Å²) in [6.45, 7) is 0.215. The van der Waals surface area contributed by atoms with Crippen molar-refractivity contribution in [3.63, 3.8) is 0 Å². The summed E-state index contributed by atoms with van der Waals surface area (Å²) in [5.41, 5.74) is -0.0300. The molecule has 100 valence electrons. The number of nitro groups is 1. The Hall–Kier alpha value is -1.74. The van der Waals surface area contributed by atoms with Crippen molar-refractivity contribution < 1.29 is 9.66 Å². The fraction of sp³-hybridized carbons (Fsp3) is 0.200. The number of hydrogen-bond donors (Lipinski definition) is 1. The molecule has 0 unspecified atom stereocenters. The van der Waals surface area contributed by atoms with Gasteiger partial charge in [0.05, 0.1) is 11.0 Å². The summed E-state index contributed by atoms with van der Waals surface area (Å²) in [5, 5.41) is 22.8. The van der Waals surface area contributed by atoms with Gasteiger partial charge in [-0.3, -0.25) is 10.1 Å². The van der Waals surface area contributed by atoms with E-state index in [-0.39, 0.29) is 12.3 Å². The number of benzene rings is 1. The molecular weight excluding hydrogens is 336 g/mol. The molecule has 0 atom stereocenters. The van der Waals surface area contributed by atoms with Crippen molar-refractivity contribution >= 4 is 38.1 Å². The smallest absolute Gasteiger partial charge is 0.274 e. The van der Waals surface area contributed by atoms with Crippen molar-refractivity contribution in [2.24, 2.45) is 0 Å². The number of aromatic nitrogens is 2. The molecule has 0 bridgehead atoms. The quantitative estimate of drug-likeness (QED) is 0.662. The highest BCUT2D eigenvalue weighted by molar-refractivity contribution is 9.10. The Morgan fingerprint density at radius 2 is 2.26 bits per heavy atom. The maximum Gasteiger partial charge on any atom is 0.274 e. The lowest BCUT2D eigenvalue weighted by Gasteiger charge is -2.04. The van der Waals surface area contributed by atoms with Gasteiger partial charge in [-0.25, -0.2) is 0 Å². The third-order valence-corrected chi connectivity index (χ3v) is 3.48. The Balaban J connectivity index is 2.08. The van der Waals surface area contributed by atoms with Gasteiger partial charge in [0.25, 0.3) is 5.69 Å². The van der Waals surface area contributed by atoms with Gasteiger partial charge >= 0.3 is 0 Å². The van der Waals surface area contributed by atoms with Crippen LogP contribution in [0.3, 0.4) is 0 Å². The van der Waals surface area contributed by atoms with E-state index in [1.807, 2.05) is 0 Å². The molecule has 7 nitrogen and oxygen atoms in total. The monoisotopic (exact) mass is 344 g/mol. The second kappa shape index (κ2) is 5.93.